The van der Waals surface area contributed by atoms with Gasteiger partial charge in [0, 0.05) is 23.9 Å². The van der Waals surface area contributed by atoms with E-state index in [0.717, 1.165) is 31.6 Å². The summed E-state index contributed by atoms with van der Waals surface area (Å²) >= 11 is 3.10. The normalized spacial score (nSPS) is 19.1. The molecule has 0 aliphatic carbocycles. The van der Waals surface area contributed by atoms with E-state index < -0.39 is 18.0 Å². The zero-order valence-corrected chi connectivity index (χ0v) is 16.9. The van der Waals surface area contributed by atoms with Crippen molar-refractivity contribution in [1.82, 2.24) is 10.7 Å². The number of amides is 2. The molecule has 7 nitrogen and oxygen atoms in total. The molecular formula is C18H28N4O3S2. The number of nitrogens with two attached hydrogens (primary N) is 2. The monoisotopic (exact) mass is 412 g/mol. The molecule has 1 saturated heterocycles. The molecule has 150 valence electrons. The van der Waals surface area contributed by atoms with Gasteiger partial charge in [-0.25, -0.2) is 5.84 Å². The highest BCUT2D eigenvalue weighted by Crippen LogP contribution is 2.23. The molecule has 0 spiro atoms. The Morgan fingerprint density at radius 2 is 1.96 bits per heavy atom. The van der Waals surface area contributed by atoms with Gasteiger partial charge in [-0.1, -0.05) is 30.3 Å². The van der Waals surface area contributed by atoms with Crippen LogP contribution < -0.4 is 22.3 Å². The Balaban J connectivity index is 1.76. The lowest BCUT2D eigenvalue weighted by Crippen LogP contribution is -2.54. The summed E-state index contributed by atoms with van der Waals surface area (Å²) in [6.45, 7) is 0.737. The fourth-order valence-corrected chi connectivity index (χ4v) is 4.68. The number of benzene rings is 1. The van der Waals surface area contributed by atoms with Gasteiger partial charge in [0.15, 0.2) is 0 Å². The van der Waals surface area contributed by atoms with Crippen molar-refractivity contribution in [3.8, 4) is 0 Å². The van der Waals surface area contributed by atoms with Crippen LogP contribution in [0.2, 0.25) is 0 Å². The standard InChI is InChI=1S/C18H28N4O3S2/c19-14(11-26-10-13-6-2-1-3-7-13)17(23)21-15(18(24)22-20)12-27-16-8-4-5-9-25-16/h1-3,6-7,14-16H,4-5,8-12,19-20H2,(H,21,23)(H,22,24). The first-order valence-electron chi connectivity index (χ1n) is 9.01. The van der Waals surface area contributed by atoms with Crippen molar-refractivity contribution in [1.29, 1.82) is 0 Å². The van der Waals surface area contributed by atoms with E-state index in [-0.39, 0.29) is 11.3 Å². The van der Waals surface area contributed by atoms with Crippen molar-refractivity contribution in [3.63, 3.8) is 0 Å². The molecule has 2 amide bonds. The highest BCUT2D eigenvalue weighted by Gasteiger charge is 2.25. The van der Waals surface area contributed by atoms with Crippen molar-refractivity contribution in [2.75, 3.05) is 18.1 Å². The summed E-state index contributed by atoms with van der Waals surface area (Å²) < 4.78 is 5.65. The zero-order valence-electron chi connectivity index (χ0n) is 15.3. The van der Waals surface area contributed by atoms with Crippen LogP contribution in [-0.2, 0) is 20.1 Å². The molecule has 1 heterocycles. The third kappa shape index (κ3) is 8.10. The Hall–Kier alpha value is -1.26. The van der Waals surface area contributed by atoms with Gasteiger partial charge in [-0.15, -0.1) is 11.8 Å². The van der Waals surface area contributed by atoms with Crippen LogP contribution in [-0.4, -0.2) is 47.4 Å². The Bertz CT molecular complexity index is 585. The summed E-state index contributed by atoms with van der Waals surface area (Å²) in [5, 5.41) is 2.71. The van der Waals surface area contributed by atoms with Gasteiger partial charge in [0.2, 0.25) is 5.91 Å². The minimum Gasteiger partial charge on any atom is -0.368 e. The van der Waals surface area contributed by atoms with E-state index in [4.69, 9.17) is 16.3 Å². The number of thioether (sulfide) groups is 2. The molecule has 3 unspecified atom stereocenters. The number of nitrogens with one attached hydrogen (secondary N) is 2. The smallest absolute Gasteiger partial charge is 0.257 e. The Kier molecular flexibility index (Phi) is 10.00. The number of carbonyl (C=O) groups is 2. The van der Waals surface area contributed by atoms with Gasteiger partial charge in [-0.2, -0.15) is 11.8 Å². The van der Waals surface area contributed by atoms with Crippen molar-refractivity contribution in [3.05, 3.63) is 35.9 Å². The number of hydrazine groups is 1. The Morgan fingerprint density at radius 3 is 2.63 bits per heavy atom. The van der Waals surface area contributed by atoms with Crippen LogP contribution in [0.15, 0.2) is 30.3 Å². The molecule has 1 aliphatic heterocycles. The Morgan fingerprint density at radius 1 is 1.19 bits per heavy atom. The summed E-state index contributed by atoms with van der Waals surface area (Å²) in [5.74, 6) is 6.11. The van der Waals surface area contributed by atoms with E-state index in [9.17, 15) is 9.59 Å². The minimum atomic E-state index is -0.733. The maximum absolute atomic E-state index is 12.4. The fraction of sp³-hybridized carbons (Fsp3) is 0.556. The molecular weight excluding hydrogens is 384 g/mol. The number of hydrogen-bond acceptors (Lipinski definition) is 7. The lowest BCUT2D eigenvalue weighted by Gasteiger charge is -2.25. The average Bonchev–Trinajstić information content (AvgIpc) is 2.71. The van der Waals surface area contributed by atoms with Crippen molar-refractivity contribution < 1.29 is 14.3 Å². The van der Waals surface area contributed by atoms with Crippen LogP contribution >= 0.6 is 23.5 Å². The number of rotatable bonds is 10. The van der Waals surface area contributed by atoms with Gasteiger partial charge < -0.3 is 15.8 Å². The fourth-order valence-electron chi connectivity index (χ4n) is 2.56. The lowest BCUT2D eigenvalue weighted by molar-refractivity contribution is -0.128. The van der Waals surface area contributed by atoms with E-state index in [1.165, 1.54) is 17.3 Å². The predicted molar refractivity (Wildman–Crippen MR) is 111 cm³/mol. The molecule has 0 radical (unpaired) electrons. The highest BCUT2D eigenvalue weighted by atomic mass is 32.2. The first-order chi connectivity index (χ1) is 13.1. The molecule has 9 heteroatoms. The summed E-state index contributed by atoms with van der Waals surface area (Å²) in [6.07, 6.45) is 3.13. The molecule has 1 aliphatic rings. The van der Waals surface area contributed by atoms with E-state index in [2.05, 4.69) is 10.7 Å². The molecule has 2 rings (SSSR count). The second-order valence-electron chi connectivity index (χ2n) is 6.31. The third-order valence-corrected chi connectivity index (χ3v) is 6.51. The number of ether oxygens (including phenoxy) is 1. The molecule has 27 heavy (non-hydrogen) atoms. The second kappa shape index (κ2) is 12.2. The van der Waals surface area contributed by atoms with Gasteiger partial charge in [-0.3, -0.25) is 15.0 Å². The summed E-state index contributed by atoms with van der Waals surface area (Å²) in [6, 6.07) is 8.56. The molecule has 0 bridgehead atoms. The largest absolute Gasteiger partial charge is 0.368 e. The summed E-state index contributed by atoms with van der Waals surface area (Å²) in [4.78, 5) is 24.3. The SMILES string of the molecule is NNC(=O)C(CSC1CCCCO1)NC(=O)C(N)CSCc1ccccc1. The van der Waals surface area contributed by atoms with E-state index in [0.29, 0.717) is 11.5 Å². The van der Waals surface area contributed by atoms with Crippen LogP contribution in [0.3, 0.4) is 0 Å². The predicted octanol–water partition coefficient (Wildman–Crippen LogP) is 0.982. The van der Waals surface area contributed by atoms with Crippen molar-refractivity contribution in [2.24, 2.45) is 11.6 Å². The maximum Gasteiger partial charge on any atom is 0.257 e. The molecule has 1 aromatic carbocycles. The van der Waals surface area contributed by atoms with E-state index in [1.807, 2.05) is 30.3 Å². The minimum absolute atomic E-state index is 0.0545. The van der Waals surface area contributed by atoms with Crippen LogP contribution in [0.25, 0.3) is 0 Å². The van der Waals surface area contributed by atoms with Gasteiger partial charge in [0.05, 0.1) is 6.04 Å². The first kappa shape index (κ1) is 22.0. The van der Waals surface area contributed by atoms with Crippen LogP contribution in [0.5, 0.6) is 0 Å². The zero-order chi connectivity index (χ0) is 19.5. The molecule has 0 aromatic heterocycles. The molecule has 1 aromatic rings. The molecule has 0 saturated carbocycles. The maximum atomic E-state index is 12.4. The van der Waals surface area contributed by atoms with Crippen molar-refractivity contribution >= 4 is 35.3 Å². The molecule has 3 atom stereocenters. The lowest BCUT2D eigenvalue weighted by atomic mass is 10.2. The van der Waals surface area contributed by atoms with Crippen LogP contribution in [0.4, 0.5) is 0 Å². The van der Waals surface area contributed by atoms with E-state index in [1.54, 1.807) is 11.8 Å². The van der Waals surface area contributed by atoms with E-state index >= 15 is 0 Å². The summed E-state index contributed by atoms with van der Waals surface area (Å²) in [5.41, 5.74) is 9.33. The Labute approximate surface area is 168 Å². The van der Waals surface area contributed by atoms with Crippen molar-refractivity contribution in [2.45, 2.75) is 42.5 Å². The highest BCUT2D eigenvalue weighted by molar-refractivity contribution is 7.99. The van der Waals surface area contributed by atoms with Crippen LogP contribution in [0.1, 0.15) is 24.8 Å². The van der Waals surface area contributed by atoms with Crippen LogP contribution in [0, 0.1) is 0 Å². The quantitative estimate of drug-likeness (QED) is 0.257. The topological polar surface area (TPSA) is 119 Å². The number of carbonyl (C=O) groups excluding carboxylic acids is 2. The second-order valence-corrected chi connectivity index (χ2v) is 8.53. The average molecular weight is 413 g/mol. The van der Waals surface area contributed by atoms with Gasteiger partial charge in [0.1, 0.15) is 11.5 Å². The third-order valence-electron chi connectivity index (χ3n) is 4.11. The molecule has 1 fully saturated rings. The van der Waals surface area contributed by atoms with Gasteiger partial charge in [0.25, 0.3) is 5.91 Å². The molecule has 6 N–H and O–H groups in total. The summed E-state index contributed by atoms with van der Waals surface area (Å²) in [7, 11) is 0. The number of hydrogen-bond donors (Lipinski definition) is 4. The van der Waals surface area contributed by atoms with Gasteiger partial charge >= 0.3 is 0 Å². The van der Waals surface area contributed by atoms with Gasteiger partial charge in [-0.05, 0) is 24.8 Å². The first-order valence-corrected chi connectivity index (χ1v) is 11.2.